The Morgan fingerprint density at radius 3 is 1.55 bits per heavy atom. The molecule has 4 aromatic carbocycles. The molecule has 9 heterocycles. The van der Waals surface area contributed by atoms with Crippen LogP contribution in [0.2, 0.25) is 0 Å². The third-order valence-corrected chi connectivity index (χ3v) is 17.9. The van der Waals surface area contributed by atoms with Crippen LogP contribution in [0.1, 0.15) is 84.4 Å². The Balaban J connectivity index is 0.654. The number of aromatic nitrogens is 12. The molecule has 3 aliphatic rings. The summed E-state index contributed by atoms with van der Waals surface area (Å²) in [4.78, 5) is 31.1. The van der Waals surface area contributed by atoms with Crippen LogP contribution in [-0.2, 0) is 39.3 Å². The molecule has 3 aliphatic heterocycles. The van der Waals surface area contributed by atoms with Gasteiger partial charge in [0.1, 0.15) is 50.9 Å². The van der Waals surface area contributed by atoms with Crippen molar-refractivity contribution in [2.24, 2.45) is 0 Å². The Bertz CT molecular complexity index is 4450. The van der Waals surface area contributed by atoms with Gasteiger partial charge in [-0.05, 0) is 103 Å². The maximum atomic E-state index is 13.6. The van der Waals surface area contributed by atoms with E-state index in [1.807, 2.05) is 90.3 Å². The van der Waals surface area contributed by atoms with Gasteiger partial charge in [0.2, 0.25) is 11.5 Å². The number of rotatable bonds is 17. The predicted molar refractivity (Wildman–Crippen MR) is 339 cm³/mol. The highest BCUT2D eigenvalue weighted by molar-refractivity contribution is 7.13. The van der Waals surface area contributed by atoms with Crippen LogP contribution < -0.4 is 28.4 Å². The van der Waals surface area contributed by atoms with E-state index in [9.17, 15) is 4.39 Å². The molecule has 0 spiro atoms. The van der Waals surface area contributed by atoms with E-state index in [0.29, 0.717) is 115 Å². The van der Waals surface area contributed by atoms with Crippen molar-refractivity contribution in [1.82, 2.24) is 73.9 Å². The number of halogens is 1. The van der Waals surface area contributed by atoms with Crippen LogP contribution in [0.5, 0.6) is 34.5 Å². The molecule has 462 valence electrons. The molecule has 0 unspecified atom stereocenters. The molecule has 13 rings (SSSR count). The van der Waals surface area contributed by atoms with Crippen LogP contribution >= 0.6 is 11.3 Å². The monoisotopic (exact) mass is 1240 g/mol. The predicted octanol–water partition coefficient (Wildman–Crippen LogP) is 11.0. The first-order valence-electron chi connectivity index (χ1n) is 29.8. The molecular weight excluding hydrogens is 1180 g/mol. The van der Waals surface area contributed by atoms with Crippen LogP contribution in [0.15, 0.2) is 115 Å². The molecule has 0 N–H and O–H groups in total. The van der Waals surface area contributed by atoms with Gasteiger partial charge >= 0.3 is 24.6 Å². The van der Waals surface area contributed by atoms with Crippen molar-refractivity contribution in [2.75, 3.05) is 61.9 Å². The summed E-state index contributed by atoms with van der Waals surface area (Å²) in [5.41, 5.74) is 7.37. The molecule has 91 heavy (non-hydrogen) atoms. The highest BCUT2D eigenvalue weighted by Crippen LogP contribution is 2.43. The average Bonchev–Trinajstić information content (AvgIpc) is 2.05. The first-order valence-corrected chi connectivity index (χ1v) is 30.7. The average molecular weight is 1240 g/mol. The Morgan fingerprint density at radius 2 is 1.01 bits per heavy atom. The molecule has 0 amide bonds. The van der Waals surface area contributed by atoms with Crippen molar-refractivity contribution in [1.29, 1.82) is 0 Å². The third-order valence-electron chi connectivity index (χ3n) is 17.0. The standard InChI is InChI=1S/C66H66FN17O6S/c1-40-60-73-76-63(82(60)28-25-79(40)35-44-17-22-50(85-4)31-56(44)88-7)52-13-9-11-48(70-52)33-68-39-90-57-32-51(86-5)23-18-45(57)36-80-26-29-83-61(41(80)2)74-77-64(83)53-14-10-12-49(71-53)34-69-58-55(87-6)24-19-46(59(58)89-8)37-81-27-30-84-62(42(81)3)75-78-65(84)54-38-91-66(72-54)43-15-20-47(67)21-16-43/h9-24,31-32,38,40-42H,25-30,35-37,39H2,1-8H3/q+2/t40-,41+,42-/m1/s1. The van der Waals surface area contributed by atoms with E-state index in [1.165, 1.54) is 23.5 Å². The largest absolute Gasteiger partial charge is 0.497 e. The lowest BCUT2D eigenvalue weighted by Gasteiger charge is -2.34. The fourth-order valence-corrected chi connectivity index (χ4v) is 12.8. The molecule has 0 saturated carbocycles. The Morgan fingerprint density at radius 1 is 0.505 bits per heavy atom. The van der Waals surface area contributed by atoms with Crippen molar-refractivity contribution in [2.45, 2.75) is 78.2 Å². The SMILES string of the molecule is COc1ccc(CN2CCn3c(-c4cccc(C#[N+]COc5cc(OC)ccc5CN5CCn6c(-c7cccc(C#[N+]c8c(OC)ccc(CN9CCn%10c(-c%11csc(-c%12ccc(F)cc%12)n%11)nnc%10[C@H]9C)c8OC)n7)nnc6[C@@H]5C)n4)nnc3[C@H]2C)c(OC)c1. The molecule has 10 aromatic rings. The van der Waals surface area contributed by atoms with Crippen molar-refractivity contribution in [3.05, 3.63) is 176 Å². The first kappa shape index (κ1) is 59.8. The van der Waals surface area contributed by atoms with Gasteiger partial charge in [-0.15, -0.1) is 41.9 Å². The number of fused-ring (bicyclic) bond motifs is 3. The lowest BCUT2D eigenvalue weighted by atomic mass is 10.1. The number of pyridine rings is 2. The van der Waals surface area contributed by atoms with Gasteiger partial charge < -0.3 is 42.1 Å². The van der Waals surface area contributed by atoms with Gasteiger partial charge in [0.15, 0.2) is 46.3 Å². The Labute approximate surface area is 528 Å². The summed E-state index contributed by atoms with van der Waals surface area (Å²) < 4.78 is 55.0. The summed E-state index contributed by atoms with van der Waals surface area (Å²) in [6.07, 6.45) is 0. The topological polar surface area (TPSA) is 205 Å². The number of ether oxygens (including phenoxy) is 6. The van der Waals surface area contributed by atoms with Crippen molar-refractivity contribution >= 4 is 17.0 Å². The van der Waals surface area contributed by atoms with E-state index in [-0.39, 0.29) is 30.7 Å². The number of hydrogen-bond donors (Lipinski definition) is 0. The zero-order valence-corrected chi connectivity index (χ0v) is 52.4. The van der Waals surface area contributed by atoms with Crippen molar-refractivity contribution < 1.29 is 32.8 Å². The van der Waals surface area contributed by atoms with Crippen molar-refractivity contribution in [3.63, 3.8) is 0 Å². The molecular formula is C66H66FN17O6S+2. The summed E-state index contributed by atoms with van der Waals surface area (Å²) in [6, 6.07) is 39.4. The van der Waals surface area contributed by atoms with Gasteiger partial charge in [0, 0.05) is 98.7 Å². The zero-order chi connectivity index (χ0) is 62.7. The van der Waals surface area contributed by atoms with E-state index in [4.69, 9.17) is 58.4 Å². The molecule has 0 aliphatic carbocycles. The second kappa shape index (κ2) is 26.1. The van der Waals surface area contributed by atoms with Gasteiger partial charge in [0.25, 0.3) is 0 Å². The molecule has 23 nitrogen and oxygen atoms in total. The minimum Gasteiger partial charge on any atom is -0.497 e. The first-order chi connectivity index (χ1) is 44.5. The number of nitrogens with zero attached hydrogens (tertiary/aromatic N) is 17. The van der Waals surface area contributed by atoms with Gasteiger partial charge in [-0.3, -0.25) is 14.7 Å². The second-order valence-corrected chi connectivity index (χ2v) is 23.0. The zero-order valence-electron chi connectivity index (χ0n) is 51.6. The highest BCUT2D eigenvalue weighted by atomic mass is 32.1. The van der Waals surface area contributed by atoms with Crippen molar-refractivity contribution in [3.8, 4) is 91.8 Å². The molecule has 3 atom stereocenters. The van der Waals surface area contributed by atoms with Gasteiger partial charge in [-0.1, -0.05) is 24.3 Å². The minimum atomic E-state index is -0.287. The lowest BCUT2D eigenvalue weighted by Crippen LogP contribution is -2.36. The second-order valence-electron chi connectivity index (χ2n) is 22.1. The minimum absolute atomic E-state index is 0.000389. The van der Waals surface area contributed by atoms with E-state index in [2.05, 4.69) is 86.6 Å². The Kier molecular flexibility index (Phi) is 17.1. The van der Waals surface area contributed by atoms with Crippen LogP contribution in [-0.4, -0.2) is 136 Å². The summed E-state index contributed by atoms with van der Waals surface area (Å²) in [6.45, 7) is 12.4. The molecule has 25 heteroatoms. The molecule has 6 aromatic heterocycles. The van der Waals surface area contributed by atoms with Gasteiger partial charge in [-0.25, -0.2) is 19.3 Å². The van der Waals surface area contributed by atoms with E-state index in [1.54, 1.807) is 47.7 Å². The summed E-state index contributed by atoms with van der Waals surface area (Å²) >= 11 is 1.49. The number of methoxy groups -OCH3 is 5. The van der Waals surface area contributed by atoms with E-state index < -0.39 is 0 Å². The highest BCUT2D eigenvalue weighted by Gasteiger charge is 2.35. The molecule has 0 saturated heterocycles. The van der Waals surface area contributed by atoms with Gasteiger partial charge in [0.05, 0.1) is 53.7 Å². The number of thiazole rings is 1. The van der Waals surface area contributed by atoms with Crippen LogP contribution in [0.4, 0.5) is 10.1 Å². The van der Waals surface area contributed by atoms with Gasteiger partial charge in [-0.2, -0.15) is 0 Å². The fourth-order valence-electron chi connectivity index (χ4n) is 12.0. The molecule has 0 fully saturated rings. The van der Waals surface area contributed by atoms with Crippen LogP contribution in [0.25, 0.3) is 54.8 Å². The van der Waals surface area contributed by atoms with E-state index in [0.717, 1.165) is 75.0 Å². The number of hydrogen-bond acceptors (Lipinski definition) is 19. The third kappa shape index (κ3) is 12.1. The summed E-state index contributed by atoms with van der Waals surface area (Å²) in [5.74, 6) is 8.21. The molecule has 0 radical (unpaired) electrons. The Hall–Kier alpha value is -10.2. The van der Waals surface area contributed by atoms with E-state index >= 15 is 0 Å². The quantitative estimate of drug-likeness (QED) is 0.0831. The fraction of sp³-hybridized carbons (Fsp3) is 0.318. The molecule has 0 bridgehead atoms. The summed E-state index contributed by atoms with van der Waals surface area (Å²) in [7, 11) is 8.20. The number of benzene rings is 4. The normalized spacial score (nSPS) is 16.3. The maximum absolute atomic E-state index is 13.6. The van der Waals surface area contributed by atoms with Crippen LogP contribution in [0, 0.1) is 18.0 Å². The maximum Gasteiger partial charge on any atom is 0.423 e. The van der Waals surface area contributed by atoms with Crippen LogP contribution in [0.3, 0.4) is 0 Å². The summed E-state index contributed by atoms with van der Waals surface area (Å²) in [5, 5.41) is 30.6. The lowest BCUT2D eigenvalue weighted by molar-refractivity contribution is 0.155. The smallest absolute Gasteiger partial charge is 0.423 e.